The minimum atomic E-state index is -3.63. The normalized spacial score (nSPS) is 17.5. The van der Waals surface area contributed by atoms with E-state index in [1.165, 1.54) is 6.92 Å². The molecule has 1 aromatic carbocycles. The van der Waals surface area contributed by atoms with Crippen LogP contribution in [-0.4, -0.2) is 27.9 Å². The number of aliphatic carboxylic acids is 1. The number of carboxylic acid groups (broad SMARTS) is 1. The molecule has 7 heteroatoms. The van der Waals surface area contributed by atoms with Gasteiger partial charge < -0.3 is 15.7 Å². The molecule has 0 saturated carbocycles. The van der Waals surface area contributed by atoms with Crippen LogP contribution in [-0.2, 0) is 15.8 Å². The molecule has 0 amide bonds. The van der Waals surface area contributed by atoms with Gasteiger partial charge in [-0.3, -0.25) is 9.36 Å². The van der Waals surface area contributed by atoms with Crippen LogP contribution in [0.4, 0.5) is 0 Å². The van der Waals surface area contributed by atoms with E-state index in [0.29, 0.717) is 0 Å². The minimum Gasteiger partial charge on any atom is -0.481 e. The maximum absolute atomic E-state index is 11.8. The average molecular weight is 350 g/mol. The van der Waals surface area contributed by atoms with Gasteiger partial charge in [0.15, 0.2) is 0 Å². The van der Waals surface area contributed by atoms with Crippen LogP contribution in [0.25, 0.3) is 0 Å². The highest BCUT2D eigenvalue weighted by molar-refractivity contribution is 9.10. The van der Waals surface area contributed by atoms with Crippen molar-refractivity contribution in [2.75, 3.05) is 6.16 Å². The molecule has 0 aliphatic carbocycles. The first-order valence-electron chi connectivity index (χ1n) is 5.76. The molecular weight excluding hydrogens is 333 g/mol. The van der Waals surface area contributed by atoms with Gasteiger partial charge in [-0.25, -0.2) is 0 Å². The van der Waals surface area contributed by atoms with Gasteiger partial charge in [0, 0.05) is 10.6 Å². The molecule has 0 saturated heterocycles. The van der Waals surface area contributed by atoms with Crippen molar-refractivity contribution >= 4 is 29.3 Å². The van der Waals surface area contributed by atoms with Crippen molar-refractivity contribution in [3.63, 3.8) is 0 Å². The average Bonchev–Trinajstić information content (AvgIpc) is 2.30. The number of carbonyl (C=O) groups is 1. The lowest BCUT2D eigenvalue weighted by atomic mass is 10.0. The molecule has 0 heterocycles. The molecule has 0 radical (unpaired) electrons. The Balaban J connectivity index is 2.82. The van der Waals surface area contributed by atoms with Crippen LogP contribution >= 0.6 is 23.3 Å². The summed E-state index contributed by atoms with van der Waals surface area (Å²) >= 11 is 3.29. The molecule has 0 fully saturated rings. The number of carboxylic acids is 1. The molecule has 1 aromatic rings. The van der Waals surface area contributed by atoms with Gasteiger partial charge in [0.05, 0.1) is 11.7 Å². The molecule has 0 aliphatic rings. The summed E-state index contributed by atoms with van der Waals surface area (Å²) in [6, 6.07) is 7.18. The number of hydrogen-bond acceptors (Lipinski definition) is 3. The first-order chi connectivity index (χ1) is 8.72. The van der Waals surface area contributed by atoms with E-state index in [0.717, 1.165) is 10.0 Å². The Bertz CT molecular complexity index is 489. The van der Waals surface area contributed by atoms with Crippen LogP contribution in [0.1, 0.15) is 12.5 Å². The molecule has 0 aliphatic heterocycles. The van der Waals surface area contributed by atoms with E-state index in [1.807, 2.05) is 0 Å². The van der Waals surface area contributed by atoms with Gasteiger partial charge >= 0.3 is 5.97 Å². The summed E-state index contributed by atoms with van der Waals surface area (Å²) in [5.41, 5.74) is 6.23. The third-order valence-corrected chi connectivity index (χ3v) is 5.63. The second-order valence-electron chi connectivity index (χ2n) is 4.54. The lowest BCUT2D eigenvalue weighted by Gasteiger charge is -2.20. The summed E-state index contributed by atoms with van der Waals surface area (Å²) in [5.74, 6) is -2.92. The Morgan fingerprint density at radius 2 is 1.95 bits per heavy atom. The first kappa shape index (κ1) is 16.4. The summed E-state index contributed by atoms with van der Waals surface area (Å²) in [7, 11) is -3.63. The molecule has 106 valence electrons. The zero-order chi connectivity index (χ0) is 14.6. The fraction of sp³-hybridized carbons (Fsp3) is 0.417. The zero-order valence-electron chi connectivity index (χ0n) is 10.5. The lowest BCUT2D eigenvalue weighted by Crippen LogP contribution is -2.26. The Kier molecular flexibility index (Phi) is 5.74. The van der Waals surface area contributed by atoms with Crippen molar-refractivity contribution in [2.45, 2.75) is 19.1 Å². The van der Waals surface area contributed by atoms with Crippen LogP contribution in [0, 0.1) is 5.92 Å². The molecular formula is C12H17BrNO4P. The Morgan fingerprint density at radius 1 is 1.42 bits per heavy atom. The van der Waals surface area contributed by atoms with Gasteiger partial charge in [0.25, 0.3) is 0 Å². The standard InChI is InChI=1S/C12H17BrNO4P/c1-8(14)19(17,18)7-10(12(15)16)6-9-2-4-11(13)5-3-9/h2-5,8,10H,6-7,14H2,1H3,(H,15,16)(H,17,18). The van der Waals surface area contributed by atoms with Crippen molar-refractivity contribution in [3.05, 3.63) is 34.3 Å². The van der Waals surface area contributed by atoms with Crippen LogP contribution in [0.3, 0.4) is 0 Å². The van der Waals surface area contributed by atoms with E-state index in [1.54, 1.807) is 24.3 Å². The van der Waals surface area contributed by atoms with Gasteiger partial charge in [-0.2, -0.15) is 0 Å². The predicted molar refractivity (Wildman–Crippen MR) is 77.3 cm³/mol. The smallest absolute Gasteiger partial charge is 0.307 e. The summed E-state index contributed by atoms with van der Waals surface area (Å²) in [5, 5.41) is 9.15. The fourth-order valence-corrected chi connectivity index (χ4v) is 3.13. The van der Waals surface area contributed by atoms with Crippen molar-refractivity contribution in [2.24, 2.45) is 11.7 Å². The van der Waals surface area contributed by atoms with Gasteiger partial charge in [-0.05, 0) is 31.0 Å². The van der Waals surface area contributed by atoms with E-state index in [9.17, 15) is 14.3 Å². The van der Waals surface area contributed by atoms with Crippen LogP contribution in [0.2, 0.25) is 0 Å². The van der Waals surface area contributed by atoms with E-state index in [2.05, 4.69) is 15.9 Å². The summed E-state index contributed by atoms with van der Waals surface area (Å²) < 4.78 is 12.7. The highest BCUT2D eigenvalue weighted by Gasteiger charge is 2.31. The largest absolute Gasteiger partial charge is 0.481 e. The summed E-state index contributed by atoms with van der Waals surface area (Å²) in [4.78, 5) is 20.9. The number of hydrogen-bond donors (Lipinski definition) is 3. The van der Waals surface area contributed by atoms with E-state index in [-0.39, 0.29) is 12.6 Å². The van der Waals surface area contributed by atoms with E-state index >= 15 is 0 Å². The van der Waals surface area contributed by atoms with Crippen LogP contribution < -0.4 is 5.73 Å². The molecule has 3 unspecified atom stereocenters. The van der Waals surface area contributed by atoms with Crippen molar-refractivity contribution in [3.8, 4) is 0 Å². The maximum atomic E-state index is 11.8. The van der Waals surface area contributed by atoms with Gasteiger partial charge in [-0.1, -0.05) is 28.1 Å². The SMILES string of the molecule is CC(N)P(=O)(O)CC(Cc1ccc(Br)cc1)C(=O)O. The second kappa shape index (κ2) is 6.66. The fourth-order valence-electron chi connectivity index (χ4n) is 1.62. The van der Waals surface area contributed by atoms with Crippen molar-refractivity contribution in [1.29, 1.82) is 0 Å². The molecule has 5 nitrogen and oxygen atoms in total. The van der Waals surface area contributed by atoms with E-state index in [4.69, 9.17) is 10.8 Å². The maximum Gasteiger partial charge on any atom is 0.307 e. The quantitative estimate of drug-likeness (QED) is 0.684. The number of rotatable bonds is 6. The Labute approximate surface area is 120 Å². The Hall–Kier alpha value is -0.680. The third-order valence-electron chi connectivity index (χ3n) is 2.86. The van der Waals surface area contributed by atoms with Gasteiger partial charge in [-0.15, -0.1) is 0 Å². The van der Waals surface area contributed by atoms with Crippen molar-refractivity contribution < 1.29 is 19.4 Å². The number of halogens is 1. The molecule has 3 atom stereocenters. The molecule has 4 N–H and O–H groups in total. The highest BCUT2D eigenvalue weighted by atomic mass is 79.9. The van der Waals surface area contributed by atoms with Crippen molar-refractivity contribution in [1.82, 2.24) is 0 Å². The molecule has 19 heavy (non-hydrogen) atoms. The molecule has 0 aromatic heterocycles. The second-order valence-corrected chi connectivity index (χ2v) is 8.15. The summed E-state index contributed by atoms with van der Waals surface area (Å²) in [6.07, 6.45) is -0.101. The van der Waals surface area contributed by atoms with E-state index < -0.39 is 25.0 Å². The zero-order valence-corrected chi connectivity index (χ0v) is 13.0. The number of nitrogens with two attached hydrogens (primary N) is 1. The molecule has 0 spiro atoms. The predicted octanol–water partition coefficient (Wildman–Crippen LogP) is 2.27. The topological polar surface area (TPSA) is 101 Å². The summed E-state index contributed by atoms with van der Waals surface area (Å²) in [6.45, 7) is 1.42. The lowest BCUT2D eigenvalue weighted by molar-refractivity contribution is -0.141. The minimum absolute atomic E-state index is 0.208. The molecule has 0 bridgehead atoms. The van der Waals surface area contributed by atoms with Gasteiger partial charge in [0.1, 0.15) is 0 Å². The monoisotopic (exact) mass is 349 g/mol. The first-order valence-corrected chi connectivity index (χ1v) is 8.47. The highest BCUT2D eigenvalue weighted by Crippen LogP contribution is 2.45. The number of benzene rings is 1. The third kappa shape index (κ3) is 5.07. The van der Waals surface area contributed by atoms with Crippen LogP contribution in [0.15, 0.2) is 28.7 Å². The molecule has 1 rings (SSSR count). The Morgan fingerprint density at radius 3 is 2.37 bits per heavy atom. The van der Waals surface area contributed by atoms with Gasteiger partial charge in [0.2, 0.25) is 7.37 Å². The van der Waals surface area contributed by atoms with Crippen LogP contribution in [0.5, 0.6) is 0 Å².